The molecule has 0 unspecified atom stereocenters. The average Bonchev–Trinajstić information content (AvgIpc) is 3.95. The van der Waals surface area contributed by atoms with Gasteiger partial charge in [-0.3, -0.25) is 0 Å². The van der Waals surface area contributed by atoms with Crippen molar-refractivity contribution in [3.05, 3.63) is 48.5 Å². The molecule has 0 radical (unpaired) electrons. The fourth-order valence-corrected chi connectivity index (χ4v) is 12.4. The summed E-state index contributed by atoms with van der Waals surface area (Å²) < 4.78 is 8.00. The second kappa shape index (κ2) is 14.6. The van der Waals surface area contributed by atoms with Gasteiger partial charge < -0.3 is 13.7 Å². The highest BCUT2D eigenvalue weighted by molar-refractivity contribution is 6.73. The molecule has 0 aliphatic heterocycles. The van der Waals surface area contributed by atoms with Crippen molar-refractivity contribution in [1.29, 1.82) is 0 Å². The van der Waals surface area contributed by atoms with Crippen LogP contribution in [0, 0.1) is 0 Å². The first-order valence-corrected chi connectivity index (χ1v) is 23.4. The van der Waals surface area contributed by atoms with E-state index in [4.69, 9.17) is 0 Å². The van der Waals surface area contributed by atoms with Crippen LogP contribution in [-0.2, 0) is 0 Å². The number of benzene rings is 7. The zero-order valence-electron chi connectivity index (χ0n) is 42.0. The van der Waals surface area contributed by atoms with Gasteiger partial charge in [0.1, 0.15) is 149 Å². The third-order valence-electron chi connectivity index (χ3n) is 17.1. The molecule has 22 heteroatoms. The summed E-state index contributed by atoms with van der Waals surface area (Å²) in [6.45, 7) is 0. The van der Waals surface area contributed by atoms with Gasteiger partial charge in [0.15, 0.2) is 0 Å². The van der Waals surface area contributed by atoms with Gasteiger partial charge in [0, 0.05) is 66.3 Å². The molecule has 7 aromatic carbocycles. The van der Waals surface area contributed by atoms with Crippen LogP contribution in [0.5, 0.6) is 0 Å². The largest absolute Gasteiger partial charge is 0.312 e. The van der Waals surface area contributed by atoms with E-state index in [-0.39, 0.29) is 0 Å². The van der Waals surface area contributed by atoms with Gasteiger partial charge >= 0.3 is 0 Å². The van der Waals surface area contributed by atoms with Crippen molar-refractivity contribution in [3.63, 3.8) is 0 Å². The van der Waals surface area contributed by atoms with Crippen LogP contribution < -0.4 is 104 Å². The van der Waals surface area contributed by atoms with Gasteiger partial charge in [-0.15, -0.1) is 16.4 Å². The smallest absolute Gasteiger partial charge is 0.144 e. The Morgan fingerprint density at radius 2 is 0.594 bits per heavy atom. The van der Waals surface area contributed by atoms with Crippen LogP contribution in [0.25, 0.3) is 82.5 Å². The molecule has 0 amide bonds. The van der Waals surface area contributed by atoms with Gasteiger partial charge in [-0.25, -0.2) is 0 Å². The number of rotatable bonds is 3. The molecule has 0 atom stereocenters. The Hall–Kier alpha value is -4.83. The summed E-state index contributed by atoms with van der Waals surface area (Å²) in [5.41, 5.74) is 37.5. The summed E-state index contributed by atoms with van der Waals surface area (Å²) in [6, 6.07) is 18.2. The van der Waals surface area contributed by atoms with Crippen molar-refractivity contribution in [3.8, 4) is 17.1 Å². The molecule has 3 heterocycles. The predicted molar refractivity (Wildman–Crippen MR) is 345 cm³/mol. The lowest BCUT2D eigenvalue weighted by molar-refractivity contribution is 1.18. The van der Waals surface area contributed by atoms with E-state index < -0.39 is 0 Å². The van der Waals surface area contributed by atoms with E-state index in [1.54, 1.807) is 0 Å². The first-order chi connectivity index (χ1) is 30.3. The first kappa shape index (κ1) is 43.1. The minimum Gasteiger partial charge on any atom is -0.312 e. The van der Waals surface area contributed by atoms with Crippen LogP contribution >= 0.6 is 0 Å². The maximum absolute atomic E-state index is 2.73. The normalized spacial score (nSPS) is 12.0. The fraction of sp³-hybridized carbons (Fsp3) is 0. The number of fused-ring (bicyclic) bond motifs is 9. The third kappa shape index (κ3) is 5.32. The molecule has 0 fully saturated rings. The lowest BCUT2D eigenvalue weighted by Crippen LogP contribution is -2.49. The molecule has 0 N–H and O–H groups in total. The second-order valence-electron chi connectivity index (χ2n) is 19.9. The van der Waals surface area contributed by atoms with Crippen molar-refractivity contribution < 1.29 is 0 Å². The van der Waals surface area contributed by atoms with Crippen LogP contribution in [0.2, 0.25) is 0 Å². The quantitative estimate of drug-likeness (QED) is 0.158. The number of hydrogen-bond donors (Lipinski definition) is 0. The molecule has 10 aromatic rings. The summed E-state index contributed by atoms with van der Waals surface area (Å²) in [6.07, 6.45) is 0. The van der Waals surface area contributed by atoms with E-state index in [9.17, 15) is 0 Å². The zero-order valence-corrected chi connectivity index (χ0v) is 42.0. The molecular weight excluding hydrogens is 752 g/mol. The lowest BCUT2D eigenvalue weighted by atomic mass is 9.63. The van der Waals surface area contributed by atoms with E-state index in [0.717, 1.165) is 0 Å². The number of nitrogens with zero attached hydrogens (tertiary/aromatic N) is 3. The third-order valence-corrected chi connectivity index (χ3v) is 17.1. The molecule has 64 heavy (non-hydrogen) atoms. The first-order valence-electron chi connectivity index (χ1n) is 23.4. The van der Waals surface area contributed by atoms with Gasteiger partial charge in [0.05, 0.1) is 0 Å². The molecular formula is C42H46B19N3. The number of para-hydroxylation sites is 1. The topological polar surface area (TPSA) is 14.8 Å². The Balaban J connectivity index is 1.54. The Kier molecular flexibility index (Phi) is 9.82. The Morgan fingerprint density at radius 1 is 0.250 bits per heavy atom. The molecule has 0 saturated carbocycles. The highest BCUT2D eigenvalue weighted by Gasteiger charge is 2.31. The van der Waals surface area contributed by atoms with Crippen molar-refractivity contribution in [2.75, 3.05) is 0 Å². The molecule has 0 saturated heterocycles. The molecule has 10 rings (SSSR count). The molecule has 3 nitrogen and oxygen atoms in total. The van der Waals surface area contributed by atoms with Crippen LogP contribution in [0.4, 0.5) is 0 Å². The Labute approximate surface area is 395 Å². The maximum Gasteiger partial charge on any atom is 0.144 e. The predicted octanol–water partition coefficient (Wildman–Crippen LogP) is -22.1. The minimum atomic E-state index is 1.21. The standard InChI is InChI=1S/C42H46B19N3/c43-9-5-7-10(8-6-9)62-36-15(20(46)24(50)27(53)30(36)56)13-19(45)14-18-23(49)42(34(60)33(59)37(18)63(41(14)35(61)40(13)62)12-4-2-1-3-11(12)44)64-38-16(21(47)25(51)28(54)31(38)57)17-22(48)26(52)29(55)32(58)39(17)64/h1-8H,43-61H2. The highest BCUT2D eigenvalue weighted by Crippen LogP contribution is 2.36. The molecule has 0 spiro atoms. The van der Waals surface area contributed by atoms with Gasteiger partial charge in [0.2, 0.25) is 0 Å². The highest BCUT2D eigenvalue weighted by atomic mass is 15.0. The molecule has 3 aromatic heterocycles. The molecule has 286 valence electrons. The molecule has 0 bridgehead atoms. The second-order valence-corrected chi connectivity index (χ2v) is 19.9. The van der Waals surface area contributed by atoms with Crippen molar-refractivity contribution in [2.45, 2.75) is 0 Å². The van der Waals surface area contributed by atoms with Crippen molar-refractivity contribution in [1.82, 2.24) is 13.7 Å². The van der Waals surface area contributed by atoms with Crippen LogP contribution in [0.1, 0.15) is 0 Å². The SMILES string of the molecule is Bc1ccc(-n2c3c(B)c(B)c(B)c(B)c3c3c(B)c4c5c(B)c(-n6c7c(B)c(B)c(B)c(B)c7c7c(B)c(B)c(B)c(B)c76)c(B)c(B)c5n(-c5ccccc5B)c4c(B)c32)cc1. The van der Waals surface area contributed by atoms with Crippen LogP contribution in [0.15, 0.2) is 48.5 Å². The molecule has 0 aliphatic rings. The van der Waals surface area contributed by atoms with Gasteiger partial charge in [-0.05, 0) is 39.8 Å². The Morgan fingerprint density at radius 3 is 1.06 bits per heavy atom. The van der Waals surface area contributed by atoms with Crippen LogP contribution in [-0.4, -0.2) is 163 Å². The van der Waals surface area contributed by atoms with E-state index in [2.05, 4.69) is 211 Å². The van der Waals surface area contributed by atoms with Gasteiger partial charge in [-0.2, -0.15) is 0 Å². The van der Waals surface area contributed by atoms with Gasteiger partial charge in [0.25, 0.3) is 0 Å². The van der Waals surface area contributed by atoms with E-state index >= 15 is 0 Å². The zero-order chi connectivity index (χ0) is 46.0. The van der Waals surface area contributed by atoms with Gasteiger partial charge in [-0.1, -0.05) is 112 Å². The van der Waals surface area contributed by atoms with E-state index in [0.29, 0.717) is 0 Å². The maximum atomic E-state index is 2.73. The summed E-state index contributed by atoms with van der Waals surface area (Å²) in [5.74, 6) is 0. The monoisotopic (exact) mass is 802 g/mol. The number of aromatic nitrogens is 3. The average molecular weight is 798 g/mol. The van der Waals surface area contributed by atoms with Crippen LogP contribution in [0.3, 0.4) is 0 Å². The summed E-state index contributed by atoms with van der Waals surface area (Å²) >= 11 is 0. The summed E-state index contributed by atoms with van der Waals surface area (Å²) in [5, 5.41) is 8.30. The Bertz CT molecular complexity index is 3750. The minimum absolute atomic E-state index is 1.21. The van der Waals surface area contributed by atoms with Crippen molar-refractivity contribution >= 4 is 318 Å². The van der Waals surface area contributed by atoms with E-state index in [1.165, 1.54) is 186 Å². The lowest BCUT2D eigenvalue weighted by Gasteiger charge is -2.23. The van der Waals surface area contributed by atoms with Crippen molar-refractivity contribution in [2.24, 2.45) is 0 Å². The summed E-state index contributed by atoms with van der Waals surface area (Å²) in [4.78, 5) is 0. The number of hydrogen-bond acceptors (Lipinski definition) is 0. The molecule has 0 aliphatic carbocycles. The van der Waals surface area contributed by atoms with E-state index in [1.807, 2.05) is 0 Å². The summed E-state index contributed by atoms with van der Waals surface area (Å²) in [7, 11) is 44.6. The fourth-order valence-electron chi connectivity index (χ4n) is 12.4.